The van der Waals surface area contributed by atoms with Crippen LogP contribution >= 0.6 is 0 Å². The second-order valence-corrected chi connectivity index (χ2v) is 5.44. The van der Waals surface area contributed by atoms with Gasteiger partial charge in [0.25, 0.3) is 5.92 Å². The summed E-state index contributed by atoms with van der Waals surface area (Å²) < 4.78 is 27.1. The number of nitrogen functional groups attached to an aromatic ring is 1. The highest BCUT2D eigenvalue weighted by Gasteiger charge is 2.34. The van der Waals surface area contributed by atoms with Crippen molar-refractivity contribution in [1.82, 2.24) is 4.98 Å². The zero-order valence-corrected chi connectivity index (χ0v) is 11.3. The van der Waals surface area contributed by atoms with Crippen LogP contribution in [0.15, 0.2) is 30.5 Å². The van der Waals surface area contributed by atoms with Crippen molar-refractivity contribution in [2.24, 2.45) is 0 Å². The van der Waals surface area contributed by atoms with E-state index < -0.39 is 5.92 Å². The van der Waals surface area contributed by atoms with Crippen LogP contribution in [0, 0.1) is 6.92 Å². The molecule has 1 aromatic carbocycles. The molecule has 0 saturated carbocycles. The zero-order chi connectivity index (χ0) is 14.3. The van der Waals surface area contributed by atoms with Gasteiger partial charge in [0, 0.05) is 24.6 Å². The van der Waals surface area contributed by atoms with Crippen molar-refractivity contribution in [3.63, 3.8) is 0 Å². The molecular weight excluding hydrogens is 258 g/mol. The molecule has 2 aromatic rings. The van der Waals surface area contributed by atoms with Crippen LogP contribution in [0.5, 0.6) is 0 Å². The first-order valence-electron chi connectivity index (χ1n) is 6.67. The van der Waals surface area contributed by atoms with Gasteiger partial charge < -0.3 is 5.73 Å². The van der Waals surface area contributed by atoms with E-state index in [0.29, 0.717) is 12.2 Å². The van der Waals surface area contributed by atoms with Crippen molar-refractivity contribution in [3.8, 4) is 11.1 Å². The predicted molar refractivity (Wildman–Crippen MR) is 75.8 cm³/mol. The number of hydrogen-bond donors (Lipinski definition) is 1. The monoisotopic (exact) mass is 274 g/mol. The van der Waals surface area contributed by atoms with Gasteiger partial charge in [0.05, 0.1) is 0 Å². The largest absolute Gasteiger partial charge is 0.384 e. The molecule has 0 aliphatic heterocycles. The number of halogens is 2. The Morgan fingerprint density at radius 1 is 1.20 bits per heavy atom. The normalized spacial score (nSPS) is 16.8. The average molecular weight is 274 g/mol. The van der Waals surface area contributed by atoms with Crippen molar-refractivity contribution >= 4 is 5.82 Å². The summed E-state index contributed by atoms with van der Waals surface area (Å²) in [5.41, 5.74) is 10.3. The van der Waals surface area contributed by atoms with Crippen molar-refractivity contribution in [2.45, 2.75) is 32.1 Å². The summed E-state index contributed by atoms with van der Waals surface area (Å²) in [5, 5.41) is 0. The van der Waals surface area contributed by atoms with Crippen molar-refractivity contribution in [1.29, 1.82) is 0 Å². The van der Waals surface area contributed by atoms with Gasteiger partial charge in [0.2, 0.25) is 0 Å². The number of rotatable bonds is 1. The molecule has 2 N–H and O–H groups in total. The number of hydrogen-bond acceptors (Lipinski definition) is 2. The Morgan fingerprint density at radius 2 is 2.00 bits per heavy atom. The molecule has 0 spiro atoms. The lowest BCUT2D eigenvalue weighted by molar-refractivity contribution is -0.0122. The minimum absolute atomic E-state index is 0.0534. The lowest BCUT2D eigenvalue weighted by Crippen LogP contribution is -2.26. The molecule has 0 bridgehead atoms. The molecule has 3 rings (SSSR count). The van der Waals surface area contributed by atoms with E-state index in [9.17, 15) is 8.78 Å². The summed E-state index contributed by atoms with van der Waals surface area (Å²) >= 11 is 0. The standard InChI is InChI=1S/C16H16F2N2/c1-10-6-11-4-5-16(17,18)8-13(11)7-14(10)12-2-3-15(19)20-9-12/h2-3,6-7,9H,4-5,8H2,1H3,(H2,19,20). The van der Waals surface area contributed by atoms with E-state index in [2.05, 4.69) is 4.98 Å². The summed E-state index contributed by atoms with van der Waals surface area (Å²) in [5.74, 6) is -2.13. The molecule has 1 aliphatic carbocycles. The number of pyridine rings is 1. The fourth-order valence-corrected chi connectivity index (χ4v) is 2.77. The number of nitrogens with two attached hydrogens (primary N) is 1. The number of aryl methyl sites for hydroxylation is 2. The number of fused-ring (bicyclic) bond motifs is 1. The molecule has 1 aromatic heterocycles. The van der Waals surface area contributed by atoms with Gasteiger partial charge >= 0.3 is 0 Å². The van der Waals surface area contributed by atoms with Gasteiger partial charge in [-0.15, -0.1) is 0 Å². The van der Waals surface area contributed by atoms with Crippen LogP contribution in [-0.2, 0) is 12.8 Å². The minimum atomic E-state index is -2.58. The molecule has 0 fully saturated rings. The van der Waals surface area contributed by atoms with Crippen LogP contribution in [0.25, 0.3) is 11.1 Å². The lowest BCUT2D eigenvalue weighted by Gasteiger charge is -2.25. The molecule has 20 heavy (non-hydrogen) atoms. The Hall–Kier alpha value is -1.97. The van der Waals surface area contributed by atoms with Gasteiger partial charge in [-0.05, 0) is 47.7 Å². The Labute approximate surface area is 116 Å². The summed E-state index contributed by atoms with van der Waals surface area (Å²) in [6, 6.07) is 7.50. The second-order valence-electron chi connectivity index (χ2n) is 5.44. The second kappa shape index (κ2) is 4.54. The molecule has 4 heteroatoms. The number of benzene rings is 1. The fraction of sp³-hybridized carbons (Fsp3) is 0.312. The number of anilines is 1. The molecule has 0 saturated heterocycles. The van der Waals surface area contributed by atoms with E-state index in [4.69, 9.17) is 5.73 Å². The predicted octanol–water partition coefficient (Wildman–Crippen LogP) is 3.76. The van der Waals surface area contributed by atoms with Gasteiger partial charge in [-0.3, -0.25) is 0 Å². The fourth-order valence-electron chi connectivity index (χ4n) is 2.77. The number of nitrogens with zero attached hydrogens (tertiary/aromatic N) is 1. The van der Waals surface area contributed by atoms with Crippen molar-refractivity contribution < 1.29 is 8.78 Å². The Morgan fingerprint density at radius 3 is 2.70 bits per heavy atom. The van der Waals surface area contributed by atoms with Gasteiger partial charge in [0.15, 0.2) is 0 Å². The van der Waals surface area contributed by atoms with Crippen LogP contribution < -0.4 is 5.73 Å². The van der Waals surface area contributed by atoms with Crippen molar-refractivity contribution in [2.75, 3.05) is 5.73 Å². The van der Waals surface area contributed by atoms with E-state index in [0.717, 1.165) is 27.8 Å². The summed E-state index contributed by atoms with van der Waals surface area (Å²) in [6.45, 7) is 2.00. The topological polar surface area (TPSA) is 38.9 Å². The molecule has 104 valence electrons. The highest BCUT2D eigenvalue weighted by molar-refractivity contribution is 5.69. The van der Waals surface area contributed by atoms with Crippen LogP contribution in [0.4, 0.5) is 14.6 Å². The maximum Gasteiger partial charge on any atom is 0.252 e. The molecular formula is C16H16F2N2. The minimum Gasteiger partial charge on any atom is -0.384 e. The van der Waals surface area contributed by atoms with Crippen molar-refractivity contribution in [3.05, 3.63) is 47.2 Å². The van der Waals surface area contributed by atoms with E-state index in [1.165, 1.54) is 0 Å². The average Bonchev–Trinajstić information content (AvgIpc) is 2.39. The molecule has 0 unspecified atom stereocenters. The number of aromatic nitrogens is 1. The first-order chi connectivity index (χ1) is 9.44. The molecule has 0 radical (unpaired) electrons. The molecule has 0 atom stereocenters. The molecule has 1 aliphatic rings. The third kappa shape index (κ3) is 2.38. The Kier molecular flexibility index (Phi) is 2.96. The smallest absolute Gasteiger partial charge is 0.252 e. The van der Waals surface area contributed by atoms with Gasteiger partial charge in [-0.2, -0.15) is 0 Å². The van der Waals surface area contributed by atoms with Gasteiger partial charge in [-0.25, -0.2) is 13.8 Å². The SMILES string of the molecule is Cc1cc2c(cc1-c1ccc(N)nc1)CC(F)(F)CC2. The Balaban J connectivity index is 2.07. The van der Waals surface area contributed by atoms with Gasteiger partial charge in [-0.1, -0.05) is 12.1 Å². The third-order valence-electron chi connectivity index (χ3n) is 3.85. The molecule has 2 nitrogen and oxygen atoms in total. The van der Waals surface area contributed by atoms with Crippen LogP contribution in [0.2, 0.25) is 0 Å². The molecule has 1 heterocycles. The van der Waals surface area contributed by atoms with E-state index in [1.54, 1.807) is 12.3 Å². The quantitative estimate of drug-likeness (QED) is 0.859. The van der Waals surface area contributed by atoms with Crippen LogP contribution in [0.3, 0.4) is 0 Å². The first-order valence-corrected chi connectivity index (χ1v) is 6.67. The van der Waals surface area contributed by atoms with E-state index >= 15 is 0 Å². The number of alkyl halides is 2. The summed E-state index contributed by atoms with van der Waals surface area (Å²) in [7, 11) is 0. The van der Waals surface area contributed by atoms with Crippen LogP contribution in [-0.4, -0.2) is 10.9 Å². The highest BCUT2D eigenvalue weighted by Crippen LogP contribution is 2.36. The maximum atomic E-state index is 13.5. The van der Waals surface area contributed by atoms with E-state index in [1.807, 2.05) is 25.1 Å². The lowest BCUT2D eigenvalue weighted by atomic mass is 9.85. The summed E-state index contributed by atoms with van der Waals surface area (Å²) in [6.07, 6.45) is 1.91. The summed E-state index contributed by atoms with van der Waals surface area (Å²) in [4.78, 5) is 4.07. The maximum absolute atomic E-state index is 13.5. The van der Waals surface area contributed by atoms with E-state index in [-0.39, 0.29) is 12.8 Å². The third-order valence-corrected chi connectivity index (χ3v) is 3.85. The van der Waals surface area contributed by atoms with Crippen LogP contribution in [0.1, 0.15) is 23.1 Å². The van der Waals surface area contributed by atoms with Gasteiger partial charge in [0.1, 0.15) is 5.82 Å². The first kappa shape index (κ1) is 13.0. The Bertz CT molecular complexity index is 648. The molecule has 0 amide bonds. The highest BCUT2D eigenvalue weighted by atomic mass is 19.3. The zero-order valence-electron chi connectivity index (χ0n) is 11.3.